The van der Waals surface area contributed by atoms with Crippen molar-refractivity contribution in [1.82, 2.24) is 15.4 Å². The van der Waals surface area contributed by atoms with Crippen LogP contribution in [0.15, 0.2) is 29.3 Å². The average molecular weight is 482 g/mol. The van der Waals surface area contributed by atoms with Crippen LogP contribution in [0.2, 0.25) is 0 Å². The van der Waals surface area contributed by atoms with Crippen LogP contribution in [-0.2, 0) is 16.4 Å². The highest BCUT2D eigenvalue weighted by Crippen LogP contribution is 2.13. The summed E-state index contributed by atoms with van der Waals surface area (Å²) < 4.78 is 25.4. The van der Waals surface area contributed by atoms with Gasteiger partial charge in [0.2, 0.25) is 10.0 Å². The van der Waals surface area contributed by atoms with Crippen molar-refractivity contribution in [3.8, 4) is 0 Å². The SMILES string of the molecule is CCc1ccc(C(C)NC(=NC)NCC(C)(C)NS(C)(=O)=O)cc1.I. The van der Waals surface area contributed by atoms with Gasteiger partial charge in [0, 0.05) is 19.1 Å². The van der Waals surface area contributed by atoms with Gasteiger partial charge in [0.05, 0.1) is 12.3 Å². The Morgan fingerprint density at radius 3 is 2.24 bits per heavy atom. The summed E-state index contributed by atoms with van der Waals surface area (Å²) in [5.74, 6) is 0.630. The molecule has 1 unspecified atom stereocenters. The minimum Gasteiger partial charge on any atom is -0.355 e. The molecule has 0 aliphatic heterocycles. The molecule has 6 nitrogen and oxygen atoms in total. The fraction of sp³-hybridized carbons (Fsp3) is 0.588. The van der Waals surface area contributed by atoms with Gasteiger partial charge in [-0.3, -0.25) is 4.99 Å². The molecule has 0 fully saturated rings. The van der Waals surface area contributed by atoms with E-state index >= 15 is 0 Å². The van der Waals surface area contributed by atoms with Gasteiger partial charge in [0.1, 0.15) is 0 Å². The third-order valence-corrected chi connectivity index (χ3v) is 4.55. The van der Waals surface area contributed by atoms with Gasteiger partial charge in [0.25, 0.3) is 0 Å². The Morgan fingerprint density at radius 1 is 1.24 bits per heavy atom. The van der Waals surface area contributed by atoms with E-state index in [1.165, 1.54) is 11.1 Å². The maximum absolute atomic E-state index is 11.4. The van der Waals surface area contributed by atoms with Gasteiger partial charge >= 0.3 is 0 Å². The van der Waals surface area contributed by atoms with E-state index in [1.54, 1.807) is 7.05 Å². The van der Waals surface area contributed by atoms with E-state index in [-0.39, 0.29) is 30.0 Å². The quantitative estimate of drug-likeness (QED) is 0.317. The zero-order valence-electron chi connectivity index (χ0n) is 15.9. The summed E-state index contributed by atoms with van der Waals surface area (Å²) in [7, 11) is -1.57. The van der Waals surface area contributed by atoms with Crippen molar-refractivity contribution in [3.05, 3.63) is 35.4 Å². The first-order valence-electron chi connectivity index (χ1n) is 8.11. The number of aliphatic imine (C=N–C) groups is 1. The number of sulfonamides is 1. The smallest absolute Gasteiger partial charge is 0.209 e. The minimum atomic E-state index is -3.26. The Kier molecular flexibility index (Phi) is 9.96. The third-order valence-electron chi connectivity index (χ3n) is 3.62. The largest absolute Gasteiger partial charge is 0.355 e. The second-order valence-corrected chi connectivity index (χ2v) is 8.39. The van der Waals surface area contributed by atoms with E-state index in [4.69, 9.17) is 0 Å². The highest BCUT2D eigenvalue weighted by Gasteiger charge is 2.22. The second-order valence-electron chi connectivity index (χ2n) is 6.65. The van der Waals surface area contributed by atoms with Gasteiger partial charge in [0.15, 0.2) is 5.96 Å². The zero-order valence-corrected chi connectivity index (χ0v) is 19.0. The second kappa shape index (κ2) is 10.3. The normalized spacial score (nSPS) is 13.8. The van der Waals surface area contributed by atoms with Crippen LogP contribution in [0.1, 0.15) is 44.9 Å². The Labute approximate surface area is 169 Å². The van der Waals surface area contributed by atoms with Crippen LogP contribution in [0.3, 0.4) is 0 Å². The summed E-state index contributed by atoms with van der Waals surface area (Å²) in [4.78, 5) is 4.20. The first kappa shape index (κ1) is 24.1. The Hall–Kier alpha value is -0.870. The van der Waals surface area contributed by atoms with Crippen molar-refractivity contribution in [2.75, 3.05) is 19.8 Å². The molecule has 144 valence electrons. The number of halogens is 1. The van der Waals surface area contributed by atoms with E-state index in [1.807, 2.05) is 13.8 Å². The monoisotopic (exact) mass is 482 g/mol. The van der Waals surface area contributed by atoms with E-state index in [9.17, 15) is 8.42 Å². The van der Waals surface area contributed by atoms with Crippen LogP contribution < -0.4 is 15.4 Å². The molecule has 8 heteroatoms. The molecule has 0 amide bonds. The molecule has 0 bridgehead atoms. The molecular weight excluding hydrogens is 451 g/mol. The predicted octanol–water partition coefficient (Wildman–Crippen LogP) is 2.42. The lowest BCUT2D eigenvalue weighted by atomic mass is 10.1. The standard InChI is InChI=1S/C17H30N4O2S.HI/c1-7-14-8-10-15(11-9-14)13(2)20-16(18-5)19-12-17(3,4)21-24(6,22)23;/h8-11,13,21H,7,12H2,1-6H3,(H2,18,19,20);1H. The van der Waals surface area contributed by atoms with Gasteiger partial charge in [-0.25, -0.2) is 13.1 Å². The predicted molar refractivity (Wildman–Crippen MR) is 116 cm³/mol. The summed E-state index contributed by atoms with van der Waals surface area (Å²) in [6, 6.07) is 8.57. The van der Waals surface area contributed by atoms with Crippen molar-refractivity contribution >= 4 is 40.0 Å². The van der Waals surface area contributed by atoms with Crippen LogP contribution >= 0.6 is 24.0 Å². The summed E-state index contributed by atoms with van der Waals surface area (Å²) in [5.41, 5.74) is 1.86. The van der Waals surface area contributed by atoms with E-state index < -0.39 is 15.6 Å². The first-order chi connectivity index (χ1) is 11.1. The fourth-order valence-electron chi connectivity index (χ4n) is 2.37. The van der Waals surface area contributed by atoms with Crippen molar-refractivity contribution in [3.63, 3.8) is 0 Å². The van der Waals surface area contributed by atoms with Crippen LogP contribution in [0, 0.1) is 0 Å². The number of hydrogen-bond donors (Lipinski definition) is 3. The zero-order chi connectivity index (χ0) is 18.4. The number of rotatable bonds is 7. The minimum absolute atomic E-state index is 0. The molecule has 0 saturated heterocycles. The van der Waals surface area contributed by atoms with E-state index in [2.05, 4.69) is 58.5 Å². The molecule has 3 N–H and O–H groups in total. The molecule has 0 spiro atoms. The van der Waals surface area contributed by atoms with Crippen LogP contribution in [0.5, 0.6) is 0 Å². The van der Waals surface area contributed by atoms with Gasteiger partial charge in [-0.05, 0) is 38.3 Å². The van der Waals surface area contributed by atoms with Gasteiger partial charge in [-0.2, -0.15) is 0 Å². The molecule has 0 aliphatic carbocycles. The highest BCUT2D eigenvalue weighted by atomic mass is 127. The van der Waals surface area contributed by atoms with Gasteiger partial charge in [-0.15, -0.1) is 24.0 Å². The lowest BCUT2D eigenvalue weighted by molar-refractivity contribution is 0.445. The topological polar surface area (TPSA) is 82.6 Å². The lowest BCUT2D eigenvalue weighted by Gasteiger charge is -2.27. The molecular formula is C17H31IN4O2S. The maximum atomic E-state index is 11.4. The van der Waals surface area contributed by atoms with Crippen molar-refractivity contribution < 1.29 is 8.42 Å². The molecule has 0 aromatic heterocycles. The lowest BCUT2D eigenvalue weighted by Crippen LogP contribution is -2.53. The number of nitrogens with zero attached hydrogens (tertiary/aromatic N) is 1. The Morgan fingerprint density at radius 2 is 1.80 bits per heavy atom. The van der Waals surface area contributed by atoms with Crippen LogP contribution in [0.4, 0.5) is 0 Å². The molecule has 0 saturated carbocycles. The molecule has 1 rings (SSSR count). The molecule has 1 aromatic rings. The van der Waals surface area contributed by atoms with Crippen molar-refractivity contribution in [2.24, 2.45) is 4.99 Å². The summed E-state index contributed by atoms with van der Waals surface area (Å²) in [6.07, 6.45) is 2.18. The Bertz CT molecular complexity index is 658. The summed E-state index contributed by atoms with van der Waals surface area (Å²) in [6.45, 7) is 8.26. The number of guanidine groups is 1. The van der Waals surface area contributed by atoms with E-state index in [0.717, 1.165) is 12.7 Å². The molecule has 0 aliphatic rings. The van der Waals surface area contributed by atoms with Crippen LogP contribution in [-0.4, -0.2) is 39.8 Å². The van der Waals surface area contributed by atoms with E-state index in [0.29, 0.717) is 12.5 Å². The Balaban J connectivity index is 0.00000576. The van der Waals surface area contributed by atoms with Crippen molar-refractivity contribution in [1.29, 1.82) is 0 Å². The van der Waals surface area contributed by atoms with Gasteiger partial charge < -0.3 is 10.6 Å². The molecule has 25 heavy (non-hydrogen) atoms. The third kappa shape index (κ3) is 9.41. The highest BCUT2D eigenvalue weighted by molar-refractivity contribution is 14.0. The van der Waals surface area contributed by atoms with Crippen molar-refractivity contribution in [2.45, 2.75) is 45.7 Å². The number of hydrogen-bond acceptors (Lipinski definition) is 3. The van der Waals surface area contributed by atoms with Gasteiger partial charge in [-0.1, -0.05) is 31.2 Å². The first-order valence-corrected chi connectivity index (χ1v) is 10.0. The average Bonchev–Trinajstić information content (AvgIpc) is 2.49. The number of nitrogens with one attached hydrogen (secondary N) is 3. The fourth-order valence-corrected chi connectivity index (χ4v) is 3.44. The summed E-state index contributed by atoms with van der Waals surface area (Å²) in [5, 5.41) is 6.48. The molecule has 1 aromatic carbocycles. The molecule has 1 atom stereocenters. The summed E-state index contributed by atoms with van der Waals surface area (Å²) >= 11 is 0. The maximum Gasteiger partial charge on any atom is 0.209 e. The molecule has 0 heterocycles. The van der Waals surface area contributed by atoms with Crippen LogP contribution in [0.25, 0.3) is 0 Å². The number of aryl methyl sites for hydroxylation is 1. The number of benzene rings is 1. The molecule has 0 radical (unpaired) electrons.